The largest absolute Gasteiger partial charge is 0.238 e. The van der Waals surface area contributed by atoms with Gasteiger partial charge in [0.05, 0.1) is 4.90 Å². The molecule has 0 bridgehead atoms. The van der Waals surface area contributed by atoms with Crippen molar-refractivity contribution in [2.24, 2.45) is 5.14 Å². The third-order valence-corrected chi connectivity index (χ3v) is 2.23. The molecule has 0 unspecified atom stereocenters. The molecule has 0 saturated carbocycles. The van der Waals surface area contributed by atoms with Crippen LogP contribution >= 0.6 is 12.4 Å². The van der Waals surface area contributed by atoms with Gasteiger partial charge in [-0.25, -0.2) is 13.6 Å². The minimum absolute atomic E-state index is 0. The van der Waals surface area contributed by atoms with Crippen LogP contribution < -0.4 is 5.14 Å². The Hall–Kier alpha value is -0.580. The number of rotatable bonds is 1. The Morgan fingerprint density at radius 1 is 1.33 bits per heavy atom. The zero-order chi connectivity index (χ0) is 8.48. The minimum Gasteiger partial charge on any atom is -0.225 e. The van der Waals surface area contributed by atoms with E-state index in [9.17, 15) is 8.42 Å². The number of aryl methyl sites for hydroxylation is 1. The van der Waals surface area contributed by atoms with E-state index in [-0.39, 0.29) is 17.3 Å². The summed E-state index contributed by atoms with van der Waals surface area (Å²) in [6.45, 7) is 1.81. The highest BCUT2D eigenvalue weighted by atomic mass is 35.5. The molecular formula is C7H10ClNO2S. The number of primary sulfonamides is 1. The number of hydrogen-bond acceptors (Lipinski definition) is 2. The quantitative estimate of drug-likeness (QED) is 0.749. The Balaban J connectivity index is 0.00000121. The summed E-state index contributed by atoms with van der Waals surface area (Å²) in [6, 6.07) is 6.49. The molecule has 1 aromatic carbocycles. The zero-order valence-electron chi connectivity index (χ0n) is 6.52. The van der Waals surface area contributed by atoms with Gasteiger partial charge in [-0.15, -0.1) is 12.4 Å². The van der Waals surface area contributed by atoms with E-state index in [0.29, 0.717) is 0 Å². The molecule has 2 N–H and O–H groups in total. The summed E-state index contributed by atoms with van der Waals surface area (Å²) in [4.78, 5) is 0.164. The van der Waals surface area contributed by atoms with Gasteiger partial charge in [0.1, 0.15) is 0 Å². The van der Waals surface area contributed by atoms with Crippen LogP contribution in [0, 0.1) is 6.92 Å². The van der Waals surface area contributed by atoms with Crippen LogP contribution in [0.5, 0.6) is 0 Å². The van der Waals surface area contributed by atoms with E-state index in [1.807, 2.05) is 13.0 Å². The summed E-state index contributed by atoms with van der Waals surface area (Å²) < 4.78 is 21.5. The molecule has 0 aliphatic carbocycles. The molecule has 68 valence electrons. The van der Waals surface area contributed by atoms with Crippen LogP contribution in [-0.4, -0.2) is 8.42 Å². The third kappa shape index (κ3) is 2.81. The minimum atomic E-state index is -3.53. The fourth-order valence-electron chi connectivity index (χ4n) is 0.792. The van der Waals surface area contributed by atoms with Crippen molar-refractivity contribution in [1.29, 1.82) is 0 Å². The molecule has 1 rings (SSSR count). The van der Waals surface area contributed by atoms with E-state index in [1.54, 1.807) is 6.07 Å². The van der Waals surface area contributed by atoms with E-state index < -0.39 is 10.0 Å². The molecule has 0 aliphatic heterocycles. The maximum Gasteiger partial charge on any atom is 0.238 e. The number of nitrogens with two attached hydrogens (primary N) is 1. The smallest absolute Gasteiger partial charge is 0.225 e. The molecule has 0 saturated heterocycles. The first-order chi connectivity index (χ1) is 5.00. The lowest BCUT2D eigenvalue weighted by molar-refractivity contribution is 0.597. The van der Waals surface area contributed by atoms with Crippen molar-refractivity contribution in [1.82, 2.24) is 0 Å². The monoisotopic (exact) mass is 207 g/mol. The van der Waals surface area contributed by atoms with Crippen LogP contribution in [0.25, 0.3) is 0 Å². The first-order valence-corrected chi connectivity index (χ1v) is 4.64. The standard InChI is InChI=1S/C7H9NO2S.ClH/c1-6-3-2-4-7(5-6)11(8,9)10;/h2-5H,1H3,(H2,8,9,10);1H. The predicted octanol–water partition coefficient (Wildman–Crippen LogP) is 1.06. The summed E-state index contributed by atoms with van der Waals surface area (Å²) in [7, 11) is -3.53. The predicted molar refractivity (Wildman–Crippen MR) is 49.8 cm³/mol. The lowest BCUT2D eigenvalue weighted by atomic mass is 10.2. The van der Waals surface area contributed by atoms with E-state index in [1.165, 1.54) is 12.1 Å². The molecule has 5 heteroatoms. The summed E-state index contributed by atoms with van der Waals surface area (Å²) in [6.07, 6.45) is 0. The number of sulfonamides is 1. The fourth-order valence-corrected chi connectivity index (χ4v) is 1.41. The summed E-state index contributed by atoms with van der Waals surface area (Å²) in [5.74, 6) is 0. The van der Waals surface area contributed by atoms with Crippen LogP contribution in [0.4, 0.5) is 0 Å². The maximum absolute atomic E-state index is 10.8. The van der Waals surface area contributed by atoms with Gasteiger partial charge in [0.15, 0.2) is 0 Å². The van der Waals surface area contributed by atoms with Crippen LogP contribution in [0.15, 0.2) is 29.2 Å². The van der Waals surface area contributed by atoms with Gasteiger partial charge in [0.2, 0.25) is 10.0 Å². The van der Waals surface area contributed by atoms with Crippen LogP contribution in [0.1, 0.15) is 5.56 Å². The molecule has 0 atom stereocenters. The van der Waals surface area contributed by atoms with Gasteiger partial charge in [-0.2, -0.15) is 0 Å². The van der Waals surface area contributed by atoms with Crippen molar-refractivity contribution in [3.05, 3.63) is 29.8 Å². The van der Waals surface area contributed by atoms with Crippen LogP contribution in [-0.2, 0) is 10.0 Å². The van der Waals surface area contributed by atoms with E-state index in [2.05, 4.69) is 0 Å². The van der Waals surface area contributed by atoms with Gasteiger partial charge in [0.25, 0.3) is 0 Å². The Morgan fingerprint density at radius 3 is 2.25 bits per heavy atom. The van der Waals surface area contributed by atoms with Gasteiger partial charge in [-0.05, 0) is 24.6 Å². The first-order valence-electron chi connectivity index (χ1n) is 3.09. The van der Waals surface area contributed by atoms with Crippen molar-refractivity contribution < 1.29 is 8.42 Å². The van der Waals surface area contributed by atoms with Crippen molar-refractivity contribution in [2.45, 2.75) is 11.8 Å². The van der Waals surface area contributed by atoms with Gasteiger partial charge >= 0.3 is 0 Å². The Bertz CT molecular complexity index is 361. The molecule has 0 aliphatic rings. The molecule has 0 radical (unpaired) electrons. The lowest BCUT2D eigenvalue weighted by Crippen LogP contribution is -2.11. The Kier molecular flexibility index (Phi) is 3.70. The molecule has 12 heavy (non-hydrogen) atoms. The highest BCUT2D eigenvalue weighted by Gasteiger charge is 2.05. The lowest BCUT2D eigenvalue weighted by Gasteiger charge is -1.97. The SMILES string of the molecule is Cc1cccc(S(N)(=O)=O)c1.Cl. The molecule has 0 fully saturated rings. The van der Waals surface area contributed by atoms with Crippen molar-refractivity contribution >= 4 is 22.4 Å². The normalized spacial score (nSPS) is 10.5. The second kappa shape index (κ2) is 3.89. The van der Waals surface area contributed by atoms with Crippen molar-refractivity contribution in [2.75, 3.05) is 0 Å². The number of hydrogen-bond donors (Lipinski definition) is 1. The summed E-state index contributed by atoms with van der Waals surface area (Å²) in [5, 5.41) is 4.90. The molecule has 0 aromatic heterocycles. The molecule has 1 aromatic rings. The Labute approximate surface area is 78.1 Å². The van der Waals surface area contributed by atoms with E-state index >= 15 is 0 Å². The highest BCUT2D eigenvalue weighted by molar-refractivity contribution is 7.89. The molecule has 0 spiro atoms. The maximum atomic E-state index is 10.8. The van der Waals surface area contributed by atoms with E-state index in [4.69, 9.17) is 5.14 Å². The molecule has 0 amide bonds. The number of benzene rings is 1. The van der Waals surface area contributed by atoms with Crippen molar-refractivity contribution in [3.8, 4) is 0 Å². The van der Waals surface area contributed by atoms with Gasteiger partial charge < -0.3 is 0 Å². The molecule has 0 heterocycles. The average Bonchev–Trinajstić information content (AvgIpc) is 1.86. The topological polar surface area (TPSA) is 60.2 Å². The second-order valence-corrected chi connectivity index (χ2v) is 3.92. The second-order valence-electron chi connectivity index (χ2n) is 2.36. The third-order valence-electron chi connectivity index (χ3n) is 1.32. The van der Waals surface area contributed by atoms with Gasteiger partial charge in [0, 0.05) is 0 Å². The molecular weight excluding hydrogens is 198 g/mol. The van der Waals surface area contributed by atoms with Crippen LogP contribution in [0.2, 0.25) is 0 Å². The fraction of sp³-hybridized carbons (Fsp3) is 0.143. The Morgan fingerprint density at radius 2 is 1.92 bits per heavy atom. The first kappa shape index (κ1) is 11.4. The van der Waals surface area contributed by atoms with Crippen molar-refractivity contribution in [3.63, 3.8) is 0 Å². The summed E-state index contributed by atoms with van der Waals surface area (Å²) in [5.41, 5.74) is 0.886. The van der Waals surface area contributed by atoms with Gasteiger partial charge in [-0.1, -0.05) is 12.1 Å². The number of halogens is 1. The average molecular weight is 208 g/mol. The highest BCUT2D eigenvalue weighted by Crippen LogP contribution is 2.07. The summed E-state index contributed by atoms with van der Waals surface area (Å²) >= 11 is 0. The van der Waals surface area contributed by atoms with E-state index in [0.717, 1.165) is 5.56 Å². The zero-order valence-corrected chi connectivity index (χ0v) is 8.15. The molecule has 3 nitrogen and oxygen atoms in total. The van der Waals surface area contributed by atoms with Gasteiger partial charge in [-0.3, -0.25) is 0 Å². The van der Waals surface area contributed by atoms with Crippen LogP contribution in [0.3, 0.4) is 0 Å².